The van der Waals surface area contributed by atoms with Crippen molar-refractivity contribution in [2.24, 2.45) is 0 Å². The van der Waals surface area contributed by atoms with Crippen LogP contribution in [0, 0.1) is 10.1 Å². The maximum atomic E-state index is 10.7. The van der Waals surface area contributed by atoms with E-state index in [1.807, 2.05) is 12.1 Å². The van der Waals surface area contributed by atoms with Crippen LogP contribution >= 0.6 is 0 Å². The molecule has 0 aliphatic carbocycles. The van der Waals surface area contributed by atoms with Crippen molar-refractivity contribution >= 4 is 11.4 Å². The predicted molar refractivity (Wildman–Crippen MR) is 79.1 cm³/mol. The van der Waals surface area contributed by atoms with Crippen LogP contribution in [0.5, 0.6) is 0 Å². The summed E-state index contributed by atoms with van der Waals surface area (Å²) in [4.78, 5) is 12.9. The minimum atomic E-state index is -0.338. The summed E-state index contributed by atoms with van der Waals surface area (Å²) < 4.78 is 0. The van der Waals surface area contributed by atoms with Crippen LogP contribution in [0.15, 0.2) is 24.3 Å². The fourth-order valence-electron chi connectivity index (χ4n) is 3.80. The van der Waals surface area contributed by atoms with Gasteiger partial charge in [-0.1, -0.05) is 6.92 Å². The van der Waals surface area contributed by atoms with E-state index in [9.17, 15) is 10.1 Å². The Morgan fingerprint density at radius 1 is 1.25 bits per heavy atom. The molecule has 2 aliphatic rings. The van der Waals surface area contributed by atoms with Crippen LogP contribution in [0.25, 0.3) is 0 Å². The summed E-state index contributed by atoms with van der Waals surface area (Å²) in [6, 6.07) is 8.83. The van der Waals surface area contributed by atoms with Gasteiger partial charge in [0, 0.05) is 35.9 Å². The average molecular weight is 275 g/mol. The number of nitrogens with one attached hydrogen (secondary N) is 1. The van der Waals surface area contributed by atoms with Gasteiger partial charge in [-0.2, -0.15) is 0 Å². The summed E-state index contributed by atoms with van der Waals surface area (Å²) >= 11 is 0. The highest BCUT2D eigenvalue weighted by Crippen LogP contribution is 2.39. The number of nitro groups is 1. The van der Waals surface area contributed by atoms with Crippen molar-refractivity contribution in [2.75, 3.05) is 11.4 Å². The number of hydrogen-bond donors (Lipinski definition) is 1. The van der Waals surface area contributed by atoms with Gasteiger partial charge in [0.1, 0.15) is 0 Å². The zero-order chi connectivity index (χ0) is 14.1. The molecule has 0 aromatic heterocycles. The van der Waals surface area contributed by atoms with Crippen LogP contribution in [0.4, 0.5) is 11.4 Å². The molecule has 0 spiro atoms. The minimum Gasteiger partial charge on any atom is -0.365 e. The van der Waals surface area contributed by atoms with Crippen molar-refractivity contribution in [3.8, 4) is 0 Å². The largest absolute Gasteiger partial charge is 0.365 e. The second-order valence-corrected chi connectivity index (χ2v) is 5.79. The lowest BCUT2D eigenvalue weighted by Crippen LogP contribution is -2.49. The summed E-state index contributed by atoms with van der Waals surface area (Å²) in [5, 5.41) is 14.3. The highest BCUT2D eigenvalue weighted by molar-refractivity contribution is 5.54. The van der Waals surface area contributed by atoms with E-state index >= 15 is 0 Å². The van der Waals surface area contributed by atoms with Gasteiger partial charge in [-0.25, -0.2) is 0 Å². The molecule has 0 amide bonds. The molecular formula is C15H21N3O2. The van der Waals surface area contributed by atoms with E-state index in [1.54, 1.807) is 12.1 Å². The topological polar surface area (TPSA) is 58.4 Å². The zero-order valence-corrected chi connectivity index (χ0v) is 11.8. The lowest BCUT2D eigenvalue weighted by molar-refractivity contribution is -0.384. The molecule has 2 bridgehead atoms. The summed E-state index contributed by atoms with van der Waals surface area (Å²) in [6.07, 6.45) is 4.84. The first-order valence-electron chi connectivity index (χ1n) is 7.45. The number of non-ortho nitro benzene ring substituents is 1. The van der Waals surface area contributed by atoms with Crippen LogP contribution in [-0.2, 0) is 0 Å². The van der Waals surface area contributed by atoms with Gasteiger partial charge < -0.3 is 10.2 Å². The van der Waals surface area contributed by atoms with Gasteiger partial charge in [0.05, 0.1) is 4.92 Å². The quantitative estimate of drug-likeness (QED) is 0.678. The third-order valence-electron chi connectivity index (χ3n) is 4.58. The van der Waals surface area contributed by atoms with Gasteiger partial charge >= 0.3 is 0 Å². The smallest absolute Gasteiger partial charge is 0.269 e. The third kappa shape index (κ3) is 2.38. The Balaban J connectivity index is 1.76. The monoisotopic (exact) mass is 275 g/mol. The van der Waals surface area contributed by atoms with Crippen LogP contribution in [0.2, 0.25) is 0 Å². The Labute approximate surface area is 119 Å². The molecular weight excluding hydrogens is 254 g/mol. The fourth-order valence-corrected chi connectivity index (χ4v) is 3.80. The highest BCUT2D eigenvalue weighted by atomic mass is 16.6. The van der Waals surface area contributed by atoms with Crippen LogP contribution in [0.3, 0.4) is 0 Å². The maximum absolute atomic E-state index is 10.7. The van der Waals surface area contributed by atoms with Gasteiger partial charge in [-0.05, 0) is 44.4 Å². The Morgan fingerprint density at radius 3 is 2.35 bits per heavy atom. The van der Waals surface area contributed by atoms with E-state index in [2.05, 4.69) is 17.1 Å². The van der Waals surface area contributed by atoms with E-state index in [4.69, 9.17) is 0 Å². The van der Waals surface area contributed by atoms with E-state index in [1.165, 1.54) is 25.7 Å². The molecule has 108 valence electrons. The van der Waals surface area contributed by atoms with E-state index in [0.717, 1.165) is 12.2 Å². The second-order valence-electron chi connectivity index (χ2n) is 5.79. The first kappa shape index (κ1) is 13.4. The average Bonchev–Trinajstić information content (AvgIpc) is 2.71. The maximum Gasteiger partial charge on any atom is 0.269 e. The number of fused-ring (bicyclic) bond motifs is 2. The molecule has 2 unspecified atom stereocenters. The Bertz CT molecular complexity index is 474. The highest BCUT2D eigenvalue weighted by Gasteiger charge is 2.40. The standard InChI is InChI=1S/C15H21N3O2/c1-2-16-11-9-14-7-8-15(10-11)17(14)12-3-5-13(6-4-12)18(19)20/h3-6,11,14-16H,2,7-10H2,1H3. The Morgan fingerprint density at radius 2 is 1.85 bits per heavy atom. The molecule has 1 aromatic carbocycles. The fraction of sp³-hybridized carbons (Fsp3) is 0.600. The van der Waals surface area contributed by atoms with Crippen LogP contribution in [-0.4, -0.2) is 29.6 Å². The normalized spacial score (nSPS) is 28.6. The number of hydrogen-bond acceptors (Lipinski definition) is 4. The van der Waals surface area contributed by atoms with Gasteiger partial charge in [0.25, 0.3) is 5.69 Å². The Kier molecular flexibility index (Phi) is 3.61. The molecule has 3 rings (SSSR count). The first-order valence-corrected chi connectivity index (χ1v) is 7.45. The van der Waals surface area contributed by atoms with Crippen LogP contribution < -0.4 is 10.2 Å². The van der Waals surface area contributed by atoms with Gasteiger partial charge in [-0.3, -0.25) is 10.1 Å². The molecule has 5 nitrogen and oxygen atoms in total. The molecule has 1 aromatic rings. The predicted octanol–water partition coefficient (Wildman–Crippen LogP) is 2.70. The zero-order valence-electron chi connectivity index (χ0n) is 11.8. The number of nitro benzene ring substituents is 1. The summed E-state index contributed by atoms with van der Waals surface area (Å²) in [5.41, 5.74) is 1.31. The van der Waals surface area contributed by atoms with Crippen molar-refractivity contribution in [1.82, 2.24) is 5.32 Å². The SMILES string of the molecule is CCNC1CC2CCC(C1)N2c1ccc([N+](=O)[O-])cc1. The summed E-state index contributed by atoms with van der Waals surface area (Å²) in [6.45, 7) is 3.19. The molecule has 2 atom stereocenters. The van der Waals surface area contributed by atoms with Gasteiger partial charge in [0.2, 0.25) is 0 Å². The lowest BCUT2D eigenvalue weighted by Gasteiger charge is -2.40. The molecule has 0 saturated carbocycles. The second kappa shape index (κ2) is 5.40. The molecule has 5 heteroatoms. The number of anilines is 1. The molecule has 20 heavy (non-hydrogen) atoms. The number of nitrogens with zero attached hydrogens (tertiary/aromatic N) is 2. The van der Waals surface area contributed by atoms with E-state index in [0.29, 0.717) is 18.1 Å². The van der Waals surface area contributed by atoms with Gasteiger partial charge in [0.15, 0.2) is 0 Å². The van der Waals surface area contributed by atoms with Crippen molar-refractivity contribution in [3.05, 3.63) is 34.4 Å². The van der Waals surface area contributed by atoms with Crippen molar-refractivity contribution in [2.45, 2.75) is 50.7 Å². The third-order valence-corrected chi connectivity index (χ3v) is 4.58. The molecule has 2 aliphatic heterocycles. The molecule has 2 saturated heterocycles. The van der Waals surface area contributed by atoms with Crippen molar-refractivity contribution < 1.29 is 4.92 Å². The van der Waals surface area contributed by atoms with E-state index in [-0.39, 0.29) is 10.6 Å². The Hall–Kier alpha value is -1.62. The lowest BCUT2D eigenvalue weighted by atomic mass is 9.96. The van der Waals surface area contributed by atoms with Crippen LogP contribution in [0.1, 0.15) is 32.6 Å². The van der Waals surface area contributed by atoms with Gasteiger partial charge in [-0.15, -0.1) is 0 Å². The van der Waals surface area contributed by atoms with Crippen molar-refractivity contribution in [1.29, 1.82) is 0 Å². The number of rotatable bonds is 4. The summed E-state index contributed by atoms with van der Waals surface area (Å²) in [7, 11) is 0. The minimum absolute atomic E-state index is 0.170. The molecule has 1 N–H and O–H groups in total. The van der Waals surface area contributed by atoms with Crippen molar-refractivity contribution in [3.63, 3.8) is 0 Å². The number of piperidine rings is 1. The first-order chi connectivity index (χ1) is 9.69. The summed E-state index contributed by atoms with van der Waals surface area (Å²) in [5.74, 6) is 0. The molecule has 2 heterocycles. The molecule has 0 radical (unpaired) electrons. The number of benzene rings is 1. The molecule has 2 fully saturated rings. The van der Waals surface area contributed by atoms with E-state index < -0.39 is 0 Å².